The molecule has 3 N–H and O–H groups in total. The van der Waals surface area contributed by atoms with E-state index in [1.54, 1.807) is 24.3 Å². The van der Waals surface area contributed by atoms with E-state index in [2.05, 4.69) is 5.32 Å². The molecule has 0 bridgehead atoms. The van der Waals surface area contributed by atoms with Gasteiger partial charge in [0.1, 0.15) is 0 Å². The summed E-state index contributed by atoms with van der Waals surface area (Å²) < 4.78 is 0. The van der Waals surface area contributed by atoms with Gasteiger partial charge in [0.15, 0.2) is 0 Å². The van der Waals surface area contributed by atoms with E-state index in [1.807, 2.05) is 12.1 Å². The van der Waals surface area contributed by atoms with Crippen LogP contribution in [-0.2, 0) is 0 Å². The highest BCUT2D eigenvalue weighted by atomic mass is 16.6. The molecule has 0 spiro atoms. The van der Waals surface area contributed by atoms with Crippen LogP contribution in [0.2, 0.25) is 0 Å². The highest BCUT2D eigenvalue weighted by Gasteiger charge is 2.05. The SMILES string of the molecule is Nc1ccc(Nc2cccc([N+](=O)[O-])c2)cc1. The van der Waals surface area contributed by atoms with Crippen molar-refractivity contribution >= 4 is 22.7 Å². The van der Waals surface area contributed by atoms with Gasteiger partial charge in [-0.3, -0.25) is 10.1 Å². The van der Waals surface area contributed by atoms with Crippen molar-refractivity contribution in [3.05, 3.63) is 58.6 Å². The molecular weight excluding hydrogens is 218 g/mol. The second kappa shape index (κ2) is 4.52. The Labute approximate surface area is 98.0 Å². The quantitative estimate of drug-likeness (QED) is 0.481. The molecule has 0 atom stereocenters. The summed E-state index contributed by atoms with van der Waals surface area (Å²) in [5.74, 6) is 0. The third kappa shape index (κ3) is 2.72. The van der Waals surface area contributed by atoms with Crippen LogP contribution in [0, 0.1) is 10.1 Å². The van der Waals surface area contributed by atoms with E-state index in [-0.39, 0.29) is 5.69 Å². The molecule has 0 fully saturated rings. The first-order valence-corrected chi connectivity index (χ1v) is 5.02. The van der Waals surface area contributed by atoms with Crippen LogP contribution >= 0.6 is 0 Å². The van der Waals surface area contributed by atoms with E-state index < -0.39 is 4.92 Å². The summed E-state index contributed by atoms with van der Waals surface area (Å²) in [6.45, 7) is 0. The average Bonchev–Trinajstić information content (AvgIpc) is 2.32. The summed E-state index contributed by atoms with van der Waals surface area (Å²) in [6.07, 6.45) is 0. The first-order chi connectivity index (χ1) is 8.15. The Balaban J connectivity index is 2.21. The summed E-state index contributed by atoms with van der Waals surface area (Å²) in [7, 11) is 0. The molecule has 0 amide bonds. The Bertz CT molecular complexity index is 538. The van der Waals surface area contributed by atoms with Crippen molar-refractivity contribution in [2.24, 2.45) is 0 Å². The zero-order valence-electron chi connectivity index (χ0n) is 8.96. The molecule has 86 valence electrons. The Morgan fingerprint density at radius 2 is 1.76 bits per heavy atom. The monoisotopic (exact) mass is 229 g/mol. The van der Waals surface area contributed by atoms with E-state index in [9.17, 15) is 10.1 Å². The second-order valence-corrected chi connectivity index (χ2v) is 3.55. The van der Waals surface area contributed by atoms with Crippen molar-refractivity contribution in [2.45, 2.75) is 0 Å². The maximum absolute atomic E-state index is 10.6. The van der Waals surface area contributed by atoms with Gasteiger partial charge in [0.25, 0.3) is 5.69 Å². The van der Waals surface area contributed by atoms with Gasteiger partial charge in [-0.25, -0.2) is 0 Å². The van der Waals surface area contributed by atoms with Crippen LogP contribution in [0.3, 0.4) is 0 Å². The molecule has 5 nitrogen and oxygen atoms in total. The molecule has 17 heavy (non-hydrogen) atoms. The molecule has 2 aromatic carbocycles. The summed E-state index contributed by atoms with van der Waals surface area (Å²) in [4.78, 5) is 10.2. The third-order valence-electron chi connectivity index (χ3n) is 2.26. The summed E-state index contributed by atoms with van der Waals surface area (Å²) in [5, 5.41) is 13.7. The zero-order chi connectivity index (χ0) is 12.3. The van der Waals surface area contributed by atoms with Crippen molar-refractivity contribution < 1.29 is 4.92 Å². The van der Waals surface area contributed by atoms with Gasteiger partial charge in [0.2, 0.25) is 0 Å². The van der Waals surface area contributed by atoms with Gasteiger partial charge >= 0.3 is 0 Å². The largest absolute Gasteiger partial charge is 0.399 e. The van der Waals surface area contributed by atoms with Crippen molar-refractivity contribution in [3.63, 3.8) is 0 Å². The van der Waals surface area contributed by atoms with E-state index in [4.69, 9.17) is 5.73 Å². The Kier molecular flexibility index (Phi) is 2.91. The number of benzene rings is 2. The Morgan fingerprint density at radius 3 is 2.41 bits per heavy atom. The average molecular weight is 229 g/mol. The molecule has 0 saturated heterocycles. The van der Waals surface area contributed by atoms with Crippen molar-refractivity contribution in [3.8, 4) is 0 Å². The number of nitrogens with one attached hydrogen (secondary N) is 1. The van der Waals surface area contributed by atoms with E-state index >= 15 is 0 Å². The lowest BCUT2D eigenvalue weighted by Gasteiger charge is -2.06. The molecule has 2 rings (SSSR count). The number of rotatable bonds is 3. The molecule has 0 heterocycles. The maximum atomic E-state index is 10.6. The summed E-state index contributed by atoms with van der Waals surface area (Å²) >= 11 is 0. The maximum Gasteiger partial charge on any atom is 0.271 e. The topological polar surface area (TPSA) is 81.2 Å². The van der Waals surface area contributed by atoms with Crippen molar-refractivity contribution in [1.82, 2.24) is 0 Å². The van der Waals surface area contributed by atoms with Gasteiger partial charge in [0, 0.05) is 29.2 Å². The highest BCUT2D eigenvalue weighted by Crippen LogP contribution is 2.21. The molecule has 0 aliphatic heterocycles. The van der Waals surface area contributed by atoms with Gasteiger partial charge in [-0.15, -0.1) is 0 Å². The second-order valence-electron chi connectivity index (χ2n) is 3.55. The lowest BCUT2D eigenvalue weighted by atomic mass is 10.2. The van der Waals surface area contributed by atoms with Gasteiger partial charge < -0.3 is 11.1 Å². The molecule has 0 aliphatic rings. The van der Waals surface area contributed by atoms with Gasteiger partial charge in [-0.2, -0.15) is 0 Å². The third-order valence-corrected chi connectivity index (χ3v) is 2.26. The molecule has 0 aliphatic carbocycles. The fourth-order valence-electron chi connectivity index (χ4n) is 1.43. The van der Waals surface area contributed by atoms with E-state index in [1.165, 1.54) is 12.1 Å². The summed E-state index contributed by atoms with van der Waals surface area (Å²) in [5.41, 5.74) is 7.81. The number of non-ortho nitro benzene ring substituents is 1. The van der Waals surface area contributed by atoms with Crippen LogP contribution in [0.15, 0.2) is 48.5 Å². The van der Waals surface area contributed by atoms with Crippen LogP contribution in [0.4, 0.5) is 22.7 Å². The van der Waals surface area contributed by atoms with Crippen LogP contribution in [0.25, 0.3) is 0 Å². The number of anilines is 3. The van der Waals surface area contributed by atoms with E-state index in [0.717, 1.165) is 5.69 Å². The summed E-state index contributed by atoms with van der Waals surface area (Å²) in [6, 6.07) is 13.5. The Hall–Kier alpha value is -2.56. The van der Waals surface area contributed by atoms with Crippen molar-refractivity contribution in [2.75, 3.05) is 11.1 Å². The van der Waals surface area contributed by atoms with Gasteiger partial charge in [-0.1, -0.05) is 6.07 Å². The highest BCUT2D eigenvalue weighted by molar-refractivity contribution is 5.63. The number of nitrogens with two attached hydrogens (primary N) is 1. The lowest BCUT2D eigenvalue weighted by molar-refractivity contribution is -0.384. The number of hydrogen-bond acceptors (Lipinski definition) is 4. The fraction of sp³-hybridized carbons (Fsp3) is 0. The molecule has 0 saturated carbocycles. The van der Waals surface area contributed by atoms with Gasteiger partial charge in [0.05, 0.1) is 4.92 Å². The minimum Gasteiger partial charge on any atom is -0.399 e. The fourth-order valence-corrected chi connectivity index (χ4v) is 1.43. The zero-order valence-corrected chi connectivity index (χ0v) is 8.96. The molecule has 0 aromatic heterocycles. The number of nitro groups is 1. The van der Waals surface area contributed by atoms with Crippen LogP contribution in [-0.4, -0.2) is 4.92 Å². The first kappa shape index (κ1) is 10.9. The number of hydrogen-bond donors (Lipinski definition) is 2. The first-order valence-electron chi connectivity index (χ1n) is 5.02. The molecule has 0 radical (unpaired) electrons. The molecule has 2 aromatic rings. The van der Waals surface area contributed by atoms with Crippen LogP contribution in [0.1, 0.15) is 0 Å². The Morgan fingerprint density at radius 1 is 1.06 bits per heavy atom. The number of nitro benzene ring substituents is 1. The van der Waals surface area contributed by atoms with Gasteiger partial charge in [-0.05, 0) is 30.3 Å². The smallest absolute Gasteiger partial charge is 0.271 e. The normalized spacial score (nSPS) is 9.88. The van der Waals surface area contributed by atoms with E-state index in [0.29, 0.717) is 11.4 Å². The van der Waals surface area contributed by atoms with Crippen LogP contribution in [0.5, 0.6) is 0 Å². The van der Waals surface area contributed by atoms with Crippen molar-refractivity contribution in [1.29, 1.82) is 0 Å². The predicted molar refractivity (Wildman–Crippen MR) is 67.2 cm³/mol. The minimum atomic E-state index is -0.422. The standard InChI is InChI=1S/C12H11N3O2/c13-9-4-6-10(7-5-9)14-11-2-1-3-12(8-11)15(16)17/h1-8,14H,13H2. The molecular formula is C12H11N3O2. The number of nitrogens with zero attached hydrogens (tertiary/aromatic N) is 1. The number of nitrogen functional groups attached to an aromatic ring is 1. The predicted octanol–water partition coefficient (Wildman–Crippen LogP) is 2.92. The lowest BCUT2D eigenvalue weighted by Crippen LogP contribution is -1.93. The van der Waals surface area contributed by atoms with Crippen LogP contribution < -0.4 is 11.1 Å². The molecule has 0 unspecified atom stereocenters. The molecule has 5 heteroatoms. The minimum absolute atomic E-state index is 0.0606.